The Hall–Kier alpha value is -2.25. The average molecular weight is 586 g/mol. The third-order valence-electron chi connectivity index (χ3n) is 6.75. The minimum atomic E-state index is -5.55. The van der Waals surface area contributed by atoms with Crippen LogP contribution in [0.4, 0.5) is 37.2 Å². The fraction of sp³-hybridized carbons (Fsp3) is 0.583. The molecule has 0 unspecified atom stereocenters. The number of nitrogens with zero attached hydrogens (tertiary/aromatic N) is 2. The molecule has 0 spiro atoms. The molecule has 38 heavy (non-hydrogen) atoms. The minimum Gasteiger partial charge on any atom is -0.490 e. The summed E-state index contributed by atoms with van der Waals surface area (Å²) in [5.74, 6) is -4.42. The van der Waals surface area contributed by atoms with Gasteiger partial charge in [-0.1, -0.05) is 11.6 Å². The van der Waals surface area contributed by atoms with Crippen molar-refractivity contribution in [3.05, 3.63) is 33.3 Å². The van der Waals surface area contributed by atoms with Crippen molar-refractivity contribution in [1.29, 1.82) is 0 Å². The molecule has 2 N–H and O–H groups in total. The Balaban J connectivity index is 1.38. The van der Waals surface area contributed by atoms with Crippen molar-refractivity contribution in [2.24, 2.45) is 5.92 Å². The molecule has 14 heteroatoms. The number of carbonyl (C=O) groups excluding carboxylic acids is 1. The second-order valence-electron chi connectivity index (χ2n) is 9.47. The maximum absolute atomic E-state index is 12.8. The summed E-state index contributed by atoms with van der Waals surface area (Å²) in [7, 11) is 0. The number of hydrogen-bond donors (Lipinski definition) is 2. The molecule has 2 aliphatic rings. The van der Waals surface area contributed by atoms with Crippen molar-refractivity contribution in [3.63, 3.8) is 0 Å². The van der Waals surface area contributed by atoms with Gasteiger partial charge in [-0.05, 0) is 38.3 Å². The van der Waals surface area contributed by atoms with E-state index < -0.39 is 42.8 Å². The lowest BCUT2D eigenvalue weighted by atomic mass is 10.0. The summed E-state index contributed by atoms with van der Waals surface area (Å²) in [5, 5.41) is 14.4. The normalized spacial score (nSPS) is 19.0. The number of fused-ring (bicyclic) bond motifs is 1. The number of thiazole rings is 1. The van der Waals surface area contributed by atoms with E-state index in [1.165, 1.54) is 11.3 Å². The number of rotatable bonds is 6. The molecular weight excluding hydrogens is 560 g/mol. The Bertz CT molecular complexity index is 1150. The fourth-order valence-corrected chi connectivity index (χ4v) is 5.87. The highest BCUT2D eigenvalue weighted by Crippen LogP contribution is 2.42. The first-order chi connectivity index (χ1) is 17.7. The van der Waals surface area contributed by atoms with Crippen molar-refractivity contribution in [2.45, 2.75) is 70.0 Å². The SMILES string of the molecule is Cc1c(Nc2nc3c(s2)CCC[C@H]3O)cc(Cl)cc1OC1CCN(C(=O)CC(C(F)(F)F)C(F)(F)F)CC1. The number of alkyl halides is 6. The summed E-state index contributed by atoms with van der Waals surface area (Å²) in [6, 6.07) is 3.33. The van der Waals surface area contributed by atoms with Gasteiger partial charge in [0.15, 0.2) is 11.0 Å². The fourth-order valence-electron chi connectivity index (χ4n) is 4.59. The van der Waals surface area contributed by atoms with Crippen molar-refractivity contribution in [3.8, 4) is 5.75 Å². The topological polar surface area (TPSA) is 74.7 Å². The first kappa shape index (κ1) is 28.8. The first-order valence-electron chi connectivity index (χ1n) is 12.0. The Kier molecular flexibility index (Phi) is 8.39. The molecule has 6 nitrogen and oxygen atoms in total. The van der Waals surface area contributed by atoms with Crippen molar-refractivity contribution < 1.29 is 41.0 Å². The van der Waals surface area contributed by atoms with Gasteiger partial charge in [-0.3, -0.25) is 4.79 Å². The molecule has 1 atom stereocenters. The maximum atomic E-state index is 12.8. The van der Waals surface area contributed by atoms with Gasteiger partial charge in [0, 0.05) is 53.5 Å². The second-order valence-corrected chi connectivity index (χ2v) is 11.0. The maximum Gasteiger partial charge on any atom is 0.400 e. The number of hydrogen-bond acceptors (Lipinski definition) is 6. The summed E-state index contributed by atoms with van der Waals surface area (Å²) < 4.78 is 83.0. The number of aliphatic hydroxyl groups is 1. The molecule has 1 fully saturated rings. The van der Waals surface area contributed by atoms with E-state index in [0.29, 0.717) is 33.7 Å². The Labute approximate surface area is 223 Å². The van der Waals surface area contributed by atoms with Crippen LogP contribution < -0.4 is 10.1 Å². The quantitative estimate of drug-likeness (QED) is 0.368. The lowest BCUT2D eigenvalue weighted by molar-refractivity contribution is -0.284. The van der Waals surface area contributed by atoms with E-state index in [1.807, 2.05) is 6.92 Å². The molecule has 0 bridgehead atoms. The lowest BCUT2D eigenvalue weighted by Gasteiger charge is -2.34. The molecule has 1 amide bonds. The molecule has 2 aromatic rings. The van der Waals surface area contributed by atoms with Gasteiger partial charge in [0.1, 0.15) is 11.9 Å². The van der Waals surface area contributed by atoms with Crippen LogP contribution in [-0.4, -0.2) is 52.4 Å². The molecule has 1 saturated heterocycles. The van der Waals surface area contributed by atoms with Gasteiger partial charge < -0.3 is 20.1 Å². The molecule has 0 radical (unpaired) electrons. The Morgan fingerprint density at radius 1 is 1.21 bits per heavy atom. The standard InChI is InChI=1S/C24H26ClF6N3O3S/c1-12-15(32-22-33-21-16(35)3-2-4-18(21)38-22)9-13(25)10-17(12)37-14-5-7-34(8-6-14)20(36)11-19(23(26,27)28)24(29,30)31/h9-10,14,16,19,35H,2-8,11H2,1H3,(H,32,33)/t16-/m1/s1. The Morgan fingerprint density at radius 2 is 1.87 bits per heavy atom. The molecule has 1 aliphatic carbocycles. The lowest BCUT2D eigenvalue weighted by Crippen LogP contribution is -2.45. The van der Waals surface area contributed by atoms with Crippen LogP contribution in [0.5, 0.6) is 5.75 Å². The predicted molar refractivity (Wildman–Crippen MR) is 130 cm³/mol. The van der Waals surface area contributed by atoms with E-state index >= 15 is 0 Å². The summed E-state index contributed by atoms with van der Waals surface area (Å²) in [5.41, 5.74) is 2.05. The zero-order valence-corrected chi connectivity index (χ0v) is 21.8. The molecular formula is C24H26ClF6N3O3S. The Morgan fingerprint density at radius 3 is 2.47 bits per heavy atom. The van der Waals surface area contributed by atoms with E-state index in [1.54, 1.807) is 12.1 Å². The van der Waals surface area contributed by atoms with Crippen LogP contribution in [0.1, 0.15) is 54.3 Å². The van der Waals surface area contributed by atoms with E-state index in [0.717, 1.165) is 28.2 Å². The van der Waals surface area contributed by atoms with Gasteiger partial charge in [-0.2, -0.15) is 26.3 Å². The van der Waals surface area contributed by atoms with Gasteiger partial charge in [-0.25, -0.2) is 4.98 Å². The van der Waals surface area contributed by atoms with E-state index in [9.17, 15) is 36.2 Å². The molecule has 210 valence electrons. The van der Waals surface area contributed by atoms with Gasteiger partial charge in [0.05, 0.1) is 11.8 Å². The number of carbonyl (C=O) groups is 1. The van der Waals surface area contributed by atoms with Gasteiger partial charge in [0.25, 0.3) is 0 Å². The number of aliphatic hydroxyl groups excluding tert-OH is 1. The minimum absolute atomic E-state index is 0.0242. The van der Waals surface area contributed by atoms with Crippen LogP contribution in [0, 0.1) is 12.8 Å². The summed E-state index contributed by atoms with van der Waals surface area (Å²) in [4.78, 5) is 18.8. The highest BCUT2D eigenvalue weighted by Gasteiger charge is 2.57. The van der Waals surface area contributed by atoms with Crippen molar-refractivity contribution in [2.75, 3.05) is 18.4 Å². The van der Waals surface area contributed by atoms with Crippen LogP contribution >= 0.6 is 22.9 Å². The number of benzene rings is 1. The number of nitrogens with one attached hydrogen (secondary N) is 1. The highest BCUT2D eigenvalue weighted by molar-refractivity contribution is 7.15. The molecule has 0 saturated carbocycles. The molecule has 4 rings (SSSR count). The van der Waals surface area contributed by atoms with Crippen LogP contribution in [0.2, 0.25) is 5.02 Å². The van der Waals surface area contributed by atoms with Crippen LogP contribution in [0.25, 0.3) is 0 Å². The van der Waals surface area contributed by atoms with Crippen LogP contribution in [0.15, 0.2) is 12.1 Å². The third-order valence-corrected chi connectivity index (χ3v) is 8.01. The largest absolute Gasteiger partial charge is 0.490 e. The highest BCUT2D eigenvalue weighted by atomic mass is 35.5. The molecule has 1 aromatic heterocycles. The molecule has 2 heterocycles. The zero-order valence-electron chi connectivity index (χ0n) is 20.3. The van der Waals surface area contributed by atoms with Gasteiger partial charge >= 0.3 is 12.4 Å². The second kappa shape index (κ2) is 11.1. The summed E-state index contributed by atoms with van der Waals surface area (Å²) in [6.45, 7) is 1.76. The van der Waals surface area contributed by atoms with E-state index in [2.05, 4.69) is 10.3 Å². The predicted octanol–water partition coefficient (Wildman–Crippen LogP) is 6.72. The third kappa shape index (κ3) is 6.66. The molecule has 1 aliphatic heterocycles. The number of piperidine rings is 1. The summed E-state index contributed by atoms with van der Waals surface area (Å²) in [6.07, 6.45) is -10.9. The number of aromatic nitrogens is 1. The van der Waals surface area contributed by atoms with Gasteiger partial charge in [0.2, 0.25) is 5.91 Å². The van der Waals surface area contributed by atoms with Gasteiger partial charge in [-0.15, -0.1) is 11.3 Å². The van der Waals surface area contributed by atoms with Crippen LogP contribution in [-0.2, 0) is 11.2 Å². The summed E-state index contributed by atoms with van der Waals surface area (Å²) >= 11 is 7.76. The van der Waals surface area contributed by atoms with Crippen LogP contribution in [0.3, 0.4) is 0 Å². The van der Waals surface area contributed by atoms with E-state index in [-0.39, 0.29) is 25.9 Å². The number of amides is 1. The smallest absolute Gasteiger partial charge is 0.400 e. The van der Waals surface area contributed by atoms with E-state index in [4.69, 9.17) is 16.3 Å². The zero-order chi connectivity index (χ0) is 27.8. The number of likely N-dealkylation sites (tertiary alicyclic amines) is 1. The molecule has 1 aromatic carbocycles. The monoisotopic (exact) mass is 585 g/mol. The van der Waals surface area contributed by atoms with Crippen molar-refractivity contribution in [1.82, 2.24) is 9.88 Å². The first-order valence-corrected chi connectivity index (χ1v) is 13.2. The number of halogens is 7. The van der Waals surface area contributed by atoms with Crippen molar-refractivity contribution >= 4 is 39.7 Å². The number of aryl methyl sites for hydroxylation is 1. The number of ether oxygens (including phenoxy) is 1. The number of anilines is 2. The average Bonchev–Trinajstić information content (AvgIpc) is 3.23.